The molecule has 1 N–H and O–H groups in total. The van der Waals surface area contributed by atoms with Crippen molar-refractivity contribution >= 4 is 57.9 Å². The van der Waals surface area contributed by atoms with Crippen molar-refractivity contribution < 1.29 is 14.3 Å². The predicted molar refractivity (Wildman–Crippen MR) is 144 cm³/mol. The first-order valence-electron chi connectivity index (χ1n) is 11.5. The molecule has 0 atom stereocenters. The molecule has 3 aromatic rings. The molecular weight excluding hydrogens is 521 g/mol. The number of halogens is 2. The molecule has 0 aliphatic carbocycles. The maximum absolute atomic E-state index is 13.1. The molecule has 2 aromatic carbocycles. The standard InChI is InChI=1S/C25H27Cl2N5O3S/c1-35-15-14-32(25(34)28-19-8-6-18(26)7-9-19)16-23-29-21(17-36-23)24(33)31-12-10-30(11-13-31)22-5-3-2-4-20(22)27/h2-9,17H,10-16H2,1H3,(H,28,34). The fraction of sp³-hybridized carbons (Fsp3) is 0.320. The van der Waals surface area contributed by atoms with E-state index in [9.17, 15) is 9.59 Å². The number of anilines is 2. The van der Waals surface area contributed by atoms with Gasteiger partial charge in [0.05, 0.1) is 23.9 Å². The normalized spacial score (nSPS) is 13.5. The minimum atomic E-state index is -0.284. The summed E-state index contributed by atoms with van der Waals surface area (Å²) >= 11 is 13.6. The second-order valence-electron chi connectivity index (χ2n) is 8.21. The molecular formula is C25H27Cl2N5O3S. The quantitative estimate of drug-likeness (QED) is 0.424. The Bertz CT molecular complexity index is 1180. The number of rotatable bonds is 8. The molecule has 1 aliphatic heterocycles. The number of carbonyl (C=O) groups is 2. The van der Waals surface area contributed by atoms with Crippen LogP contribution in [0, 0.1) is 0 Å². The van der Waals surface area contributed by atoms with Crippen LogP contribution in [0.5, 0.6) is 0 Å². The van der Waals surface area contributed by atoms with Gasteiger partial charge in [0, 0.05) is 55.9 Å². The summed E-state index contributed by atoms with van der Waals surface area (Å²) < 4.78 is 5.17. The Balaban J connectivity index is 1.36. The number of amides is 3. The number of hydrogen-bond donors (Lipinski definition) is 1. The van der Waals surface area contributed by atoms with Crippen LogP contribution in [0.3, 0.4) is 0 Å². The first-order valence-corrected chi connectivity index (χ1v) is 13.1. The Morgan fingerprint density at radius 2 is 1.81 bits per heavy atom. The predicted octanol–water partition coefficient (Wildman–Crippen LogP) is 5.09. The van der Waals surface area contributed by atoms with Gasteiger partial charge in [-0.3, -0.25) is 4.79 Å². The Hall–Kier alpha value is -2.85. The highest BCUT2D eigenvalue weighted by Crippen LogP contribution is 2.26. The largest absolute Gasteiger partial charge is 0.383 e. The zero-order valence-corrected chi connectivity index (χ0v) is 22.2. The third-order valence-electron chi connectivity index (χ3n) is 5.81. The highest BCUT2D eigenvalue weighted by molar-refractivity contribution is 7.09. The number of methoxy groups -OCH3 is 1. The number of piperazine rings is 1. The van der Waals surface area contributed by atoms with Crippen molar-refractivity contribution in [3.8, 4) is 0 Å². The molecule has 11 heteroatoms. The van der Waals surface area contributed by atoms with E-state index >= 15 is 0 Å². The van der Waals surface area contributed by atoms with Gasteiger partial charge < -0.3 is 24.8 Å². The van der Waals surface area contributed by atoms with Gasteiger partial charge in [-0.25, -0.2) is 9.78 Å². The number of para-hydroxylation sites is 1. The van der Waals surface area contributed by atoms with E-state index in [0.717, 1.165) is 5.69 Å². The lowest BCUT2D eigenvalue weighted by Gasteiger charge is -2.36. The van der Waals surface area contributed by atoms with Gasteiger partial charge in [-0.2, -0.15) is 0 Å². The molecule has 0 saturated carbocycles. The Morgan fingerprint density at radius 3 is 2.50 bits per heavy atom. The van der Waals surface area contributed by atoms with Crippen molar-refractivity contribution in [2.75, 3.05) is 56.7 Å². The number of hydrogen-bond acceptors (Lipinski definition) is 6. The summed E-state index contributed by atoms with van der Waals surface area (Å²) in [5.74, 6) is -0.106. The molecule has 8 nitrogen and oxygen atoms in total. The van der Waals surface area contributed by atoms with Crippen molar-refractivity contribution in [2.45, 2.75) is 6.54 Å². The lowest BCUT2D eigenvalue weighted by molar-refractivity contribution is 0.0741. The van der Waals surface area contributed by atoms with Gasteiger partial charge in [0.1, 0.15) is 10.7 Å². The summed E-state index contributed by atoms with van der Waals surface area (Å²) in [4.78, 5) is 36.1. The van der Waals surface area contributed by atoms with Crippen LogP contribution in [0.25, 0.3) is 0 Å². The summed E-state index contributed by atoms with van der Waals surface area (Å²) in [6, 6.07) is 14.3. The average Bonchev–Trinajstić information content (AvgIpc) is 3.36. The van der Waals surface area contributed by atoms with Gasteiger partial charge in [-0.15, -0.1) is 11.3 Å². The summed E-state index contributed by atoms with van der Waals surface area (Å²) in [6.45, 7) is 3.58. The zero-order chi connectivity index (χ0) is 25.5. The van der Waals surface area contributed by atoms with E-state index in [4.69, 9.17) is 27.9 Å². The Morgan fingerprint density at radius 1 is 1.08 bits per heavy atom. The molecule has 0 unspecified atom stereocenters. The lowest BCUT2D eigenvalue weighted by atomic mass is 10.2. The van der Waals surface area contributed by atoms with Crippen molar-refractivity contribution in [2.24, 2.45) is 0 Å². The highest BCUT2D eigenvalue weighted by Gasteiger charge is 2.25. The molecule has 1 saturated heterocycles. The Labute approximate surface area is 224 Å². The van der Waals surface area contributed by atoms with Crippen LogP contribution < -0.4 is 10.2 Å². The minimum absolute atomic E-state index is 0.106. The summed E-state index contributed by atoms with van der Waals surface area (Å²) in [5, 5.41) is 6.59. The molecule has 190 valence electrons. The molecule has 1 aromatic heterocycles. The highest BCUT2D eigenvalue weighted by atomic mass is 35.5. The SMILES string of the molecule is COCCN(Cc1nc(C(=O)N2CCN(c3ccccc3Cl)CC2)cs1)C(=O)Nc1ccc(Cl)cc1. The van der Waals surface area contributed by atoms with Gasteiger partial charge >= 0.3 is 6.03 Å². The smallest absolute Gasteiger partial charge is 0.322 e. The number of thiazole rings is 1. The number of aromatic nitrogens is 1. The van der Waals surface area contributed by atoms with Crippen LogP contribution in [-0.4, -0.2) is 73.2 Å². The monoisotopic (exact) mass is 547 g/mol. The summed E-state index contributed by atoms with van der Waals surface area (Å²) in [5.41, 5.74) is 2.01. The van der Waals surface area contributed by atoms with Gasteiger partial charge in [-0.1, -0.05) is 35.3 Å². The van der Waals surface area contributed by atoms with Crippen LogP contribution in [0.2, 0.25) is 10.0 Å². The summed E-state index contributed by atoms with van der Waals surface area (Å²) in [7, 11) is 1.58. The van der Waals surface area contributed by atoms with Crippen LogP contribution in [-0.2, 0) is 11.3 Å². The van der Waals surface area contributed by atoms with Crippen molar-refractivity contribution in [3.05, 3.63) is 74.7 Å². The van der Waals surface area contributed by atoms with Crippen LogP contribution in [0.1, 0.15) is 15.5 Å². The van der Waals surface area contributed by atoms with Gasteiger partial charge in [0.2, 0.25) is 0 Å². The second kappa shape index (κ2) is 12.4. The van der Waals surface area contributed by atoms with E-state index < -0.39 is 0 Å². The minimum Gasteiger partial charge on any atom is -0.383 e. The maximum Gasteiger partial charge on any atom is 0.322 e. The number of benzene rings is 2. The molecule has 1 fully saturated rings. The molecule has 0 radical (unpaired) electrons. The zero-order valence-electron chi connectivity index (χ0n) is 19.8. The van der Waals surface area contributed by atoms with E-state index in [1.54, 1.807) is 41.7 Å². The number of urea groups is 1. The molecule has 2 heterocycles. The van der Waals surface area contributed by atoms with Gasteiger partial charge in [0.15, 0.2) is 0 Å². The van der Waals surface area contributed by atoms with Crippen molar-refractivity contribution in [3.63, 3.8) is 0 Å². The number of nitrogens with zero attached hydrogens (tertiary/aromatic N) is 4. The van der Waals surface area contributed by atoms with E-state index in [-0.39, 0.29) is 18.5 Å². The number of ether oxygens (including phenoxy) is 1. The molecule has 1 aliphatic rings. The first kappa shape index (κ1) is 26.2. The third kappa shape index (κ3) is 6.67. The molecule has 4 rings (SSSR count). The van der Waals surface area contributed by atoms with E-state index in [1.165, 1.54) is 11.3 Å². The first-order chi connectivity index (χ1) is 17.4. The van der Waals surface area contributed by atoms with Gasteiger partial charge in [-0.05, 0) is 36.4 Å². The number of nitrogens with one attached hydrogen (secondary N) is 1. The fourth-order valence-corrected chi connectivity index (χ4v) is 5.02. The molecule has 3 amide bonds. The summed E-state index contributed by atoms with van der Waals surface area (Å²) in [6.07, 6.45) is 0. The molecule has 0 spiro atoms. The second-order valence-corrected chi connectivity index (χ2v) is 9.99. The lowest BCUT2D eigenvalue weighted by Crippen LogP contribution is -2.49. The molecule has 36 heavy (non-hydrogen) atoms. The van der Waals surface area contributed by atoms with Crippen LogP contribution >= 0.6 is 34.5 Å². The topological polar surface area (TPSA) is 78.0 Å². The fourth-order valence-electron chi connectivity index (χ4n) is 3.86. The van der Waals surface area contributed by atoms with Crippen molar-refractivity contribution in [1.29, 1.82) is 0 Å². The van der Waals surface area contributed by atoms with E-state index in [0.29, 0.717) is 65.8 Å². The maximum atomic E-state index is 13.1. The van der Waals surface area contributed by atoms with E-state index in [2.05, 4.69) is 15.2 Å². The third-order valence-corrected chi connectivity index (χ3v) is 7.21. The van der Waals surface area contributed by atoms with Crippen molar-refractivity contribution in [1.82, 2.24) is 14.8 Å². The van der Waals surface area contributed by atoms with Crippen LogP contribution in [0.4, 0.5) is 16.2 Å². The van der Waals surface area contributed by atoms with Gasteiger partial charge in [0.25, 0.3) is 5.91 Å². The Kier molecular flexibility index (Phi) is 9.03. The molecule has 0 bridgehead atoms. The van der Waals surface area contributed by atoms with Crippen LogP contribution in [0.15, 0.2) is 53.9 Å². The number of carbonyl (C=O) groups excluding carboxylic acids is 2. The average molecular weight is 548 g/mol. The van der Waals surface area contributed by atoms with E-state index in [1.807, 2.05) is 29.2 Å².